The number of halogens is 2. The summed E-state index contributed by atoms with van der Waals surface area (Å²) in [6, 6.07) is 7.85. The van der Waals surface area contributed by atoms with Crippen LogP contribution in [0, 0.1) is 5.92 Å². The van der Waals surface area contributed by atoms with E-state index < -0.39 is 0 Å². The van der Waals surface area contributed by atoms with Crippen LogP contribution >= 0.6 is 35.6 Å². The molecule has 1 fully saturated rings. The number of nitrogens with one attached hydrogen (secondary N) is 1. The molecule has 1 heterocycles. The smallest absolute Gasteiger partial charge is 0.194 e. The molecule has 2 rings (SSSR count). The topological polar surface area (TPSA) is 46.1 Å². The average molecular weight is 482 g/mol. The third-order valence-corrected chi connectivity index (χ3v) is 4.28. The highest BCUT2D eigenvalue weighted by atomic mass is 127. The SMILES string of the molecule is CCNC(=NCc1ccc(Cl)cc1)N1CCC(COCCOC)C1.I. The number of guanidine groups is 1. The molecule has 0 aromatic heterocycles. The lowest BCUT2D eigenvalue weighted by atomic mass is 10.1. The average Bonchev–Trinajstić information content (AvgIpc) is 3.06. The fourth-order valence-corrected chi connectivity index (χ4v) is 2.86. The van der Waals surface area contributed by atoms with E-state index in [-0.39, 0.29) is 24.0 Å². The molecule has 5 nitrogen and oxygen atoms in total. The van der Waals surface area contributed by atoms with E-state index in [1.165, 1.54) is 0 Å². The van der Waals surface area contributed by atoms with Crippen LogP contribution in [0.3, 0.4) is 0 Å². The van der Waals surface area contributed by atoms with E-state index in [4.69, 9.17) is 26.1 Å². The number of methoxy groups -OCH3 is 1. The summed E-state index contributed by atoms with van der Waals surface area (Å²) in [6.45, 7) is 7.73. The Bertz CT molecular complexity index is 514. The molecule has 1 N–H and O–H groups in total. The molecule has 0 radical (unpaired) electrons. The Morgan fingerprint density at radius 3 is 2.76 bits per heavy atom. The standard InChI is InChI=1S/C18H28ClN3O2.HI/c1-3-20-18(21-12-15-4-6-17(19)7-5-15)22-9-8-16(13-22)14-24-11-10-23-2;/h4-7,16H,3,8-14H2,1-2H3,(H,20,21);1H. The first kappa shape index (κ1) is 22.5. The van der Waals surface area contributed by atoms with E-state index in [1.807, 2.05) is 24.3 Å². The van der Waals surface area contributed by atoms with E-state index in [9.17, 15) is 0 Å². The van der Waals surface area contributed by atoms with Gasteiger partial charge in [0.05, 0.1) is 26.4 Å². The molecular weight excluding hydrogens is 453 g/mol. The largest absolute Gasteiger partial charge is 0.382 e. The summed E-state index contributed by atoms with van der Waals surface area (Å²) in [5.74, 6) is 1.54. The van der Waals surface area contributed by atoms with E-state index in [0.29, 0.717) is 25.7 Å². The Balaban J connectivity index is 0.00000312. The summed E-state index contributed by atoms with van der Waals surface area (Å²) in [5, 5.41) is 4.15. The van der Waals surface area contributed by atoms with Gasteiger partial charge in [0, 0.05) is 37.7 Å². The van der Waals surface area contributed by atoms with Crippen molar-refractivity contribution in [2.24, 2.45) is 10.9 Å². The molecular formula is C18H29ClIN3O2. The predicted molar refractivity (Wildman–Crippen MR) is 114 cm³/mol. The van der Waals surface area contributed by atoms with Gasteiger partial charge in [-0.15, -0.1) is 24.0 Å². The Morgan fingerprint density at radius 1 is 1.32 bits per heavy atom. The van der Waals surface area contributed by atoms with Gasteiger partial charge in [-0.1, -0.05) is 23.7 Å². The van der Waals surface area contributed by atoms with Crippen LogP contribution < -0.4 is 5.32 Å². The van der Waals surface area contributed by atoms with Gasteiger partial charge >= 0.3 is 0 Å². The van der Waals surface area contributed by atoms with Gasteiger partial charge < -0.3 is 19.7 Å². The Morgan fingerprint density at radius 2 is 2.08 bits per heavy atom. The lowest BCUT2D eigenvalue weighted by molar-refractivity contribution is 0.0536. The van der Waals surface area contributed by atoms with E-state index in [1.54, 1.807) is 7.11 Å². The number of ether oxygens (including phenoxy) is 2. The summed E-state index contributed by atoms with van der Waals surface area (Å²) >= 11 is 5.93. The second-order valence-corrected chi connectivity index (χ2v) is 6.40. The second kappa shape index (κ2) is 12.7. The van der Waals surface area contributed by atoms with Crippen molar-refractivity contribution in [3.63, 3.8) is 0 Å². The molecule has 25 heavy (non-hydrogen) atoms. The highest BCUT2D eigenvalue weighted by Gasteiger charge is 2.24. The molecule has 0 saturated carbocycles. The zero-order valence-corrected chi connectivity index (χ0v) is 18.1. The zero-order valence-electron chi connectivity index (χ0n) is 15.0. The maximum Gasteiger partial charge on any atom is 0.194 e. The first-order chi connectivity index (χ1) is 11.7. The second-order valence-electron chi connectivity index (χ2n) is 5.97. The molecule has 0 aliphatic carbocycles. The van der Waals surface area contributed by atoms with Gasteiger partial charge in [-0.05, 0) is 31.0 Å². The molecule has 1 aliphatic rings. The molecule has 0 amide bonds. The summed E-state index contributed by atoms with van der Waals surface area (Å²) in [4.78, 5) is 7.09. The van der Waals surface area contributed by atoms with Gasteiger partial charge in [-0.3, -0.25) is 0 Å². The molecule has 1 saturated heterocycles. The van der Waals surface area contributed by atoms with Crippen LogP contribution in [0.25, 0.3) is 0 Å². The fourth-order valence-electron chi connectivity index (χ4n) is 2.74. The van der Waals surface area contributed by atoms with Crippen LogP contribution in [0.1, 0.15) is 18.9 Å². The van der Waals surface area contributed by atoms with Gasteiger partial charge in [-0.25, -0.2) is 4.99 Å². The maximum absolute atomic E-state index is 5.93. The highest BCUT2D eigenvalue weighted by molar-refractivity contribution is 14.0. The minimum atomic E-state index is 0. The Hall–Kier alpha value is -0.570. The van der Waals surface area contributed by atoms with Gasteiger partial charge in [0.25, 0.3) is 0 Å². The van der Waals surface area contributed by atoms with Crippen molar-refractivity contribution < 1.29 is 9.47 Å². The predicted octanol–water partition coefficient (Wildman–Crippen LogP) is 3.41. The zero-order chi connectivity index (χ0) is 17.2. The van der Waals surface area contributed by atoms with Crippen molar-refractivity contribution in [3.05, 3.63) is 34.9 Å². The molecule has 0 spiro atoms. The number of rotatable bonds is 8. The van der Waals surface area contributed by atoms with Crippen molar-refractivity contribution in [2.45, 2.75) is 19.9 Å². The summed E-state index contributed by atoms with van der Waals surface area (Å²) in [6.07, 6.45) is 1.14. The van der Waals surface area contributed by atoms with Gasteiger partial charge in [0.15, 0.2) is 5.96 Å². The Kier molecular flexibility index (Phi) is 11.4. The van der Waals surface area contributed by atoms with Gasteiger partial charge in [-0.2, -0.15) is 0 Å². The van der Waals surface area contributed by atoms with Crippen molar-refractivity contribution in [2.75, 3.05) is 46.6 Å². The minimum absolute atomic E-state index is 0. The minimum Gasteiger partial charge on any atom is -0.382 e. The Labute approximate surface area is 173 Å². The van der Waals surface area contributed by atoms with Crippen molar-refractivity contribution in [1.82, 2.24) is 10.2 Å². The summed E-state index contributed by atoms with van der Waals surface area (Å²) in [5.41, 5.74) is 1.16. The molecule has 7 heteroatoms. The van der Waals surface area contributed by atoms with Crippen LogP contribution in [-0.4, -0.2) is 57.4 Å². The number of hydrogen-bond acceptors (Lipinski definition) is 3. The van der Waals surface area contributed by atoms with Crippen LogP contribution in [0.2, 0.25) is 5.02 Å². The number of aliphatic imine (C=N–C) groups is 1. The van der Waals surface area contributed by atoms with Crippen LogP contribution in [0.5, 0.6) is 0 Å². The molecule has 1 aromatic rings. The third kappa shape index (κ3) is 8.11. The molecule has 142 valence electrons. The third-order valence-electron chi connectivity index (χ3n) is 4.03. The first-order valence-corrected chi connectivity index (χ1v) is 8.95. The number of hydrogen-bond donors (Lipinski definition) is 1. The van der Waals surface area contributed by atoms with Crippen LogP contribution in [-0.2, 0) is 16.0 Å². The van der Waals surface area contributed by atoms with Gasteiger partial charge in [0.2, 0.25) is 0 Å². The van der Waals surface area contributed by atoms with E-state index >= 15 is 0 Å². The molecule has 1 aromatic carbocycles. The molecule has 1 atom stereocenters. The monoisotopic (exact) mass is 481 g/mol. The highest BCUT2D eigenvalue weighted by Crippen LogP contribution is 2.17. The van der Waals surface area contributed by atoms with Crippen LogP contribution in [0.4, 0.5) is 0 Å². The number of likely N-dealkylation sites (tertiary alicyclic amines) is 1. The van der Waals surface area contributed by atoms with Crippen molar-refractivity contribution in [3.8, 4) is 0 Å². The number of nitrogens with zero attached hydrogens (tertiary/aromatic N) is 2. The van der Waals surface area contributed by atoms with E-state index in [2.05, 4.69) is 17.1 Å². The van der Waals surface area contributed by atoms with Crippen LogP contribution in [0.15, 0.2) is 29.3 Å². The maximum atomic E-state index is 5.93. The van der Waals surface area contributed by atoms with Gasteiger partial charge in [0.1, 0.15) is 0 Å². The summed E-state index contributed by atoms with van der Waals surface area (Å²) in [7, 11) is 1.69. The van der Waals surface area contributed by atoms with Crippen molar-refractivity contribution >= 4 is 41.5 Å². The quantitative estimate of drug-likeness (QED) is 0.268. The molecule has 0 bridgehead atoms. The molecule has 1 aliphatic heterocycles. The first-order valence-electron chi connectivity index (χ1n) is 8.57. The lowest BCUT2D eigenvalue weighted by Gasteiger charge is -2.21. The fraction of sp³-hybridized carbons (Fsp3) is 0.611. The lowest BCUT2D eigenvalue weighted by Crippen LogP contribution is -2.40. The van der Waals surface area contributed by atoms with E-state index in [0.717, 1.165) is 49.2 Å². The molecule has 1 unspecified atom stereocenters. The normalized spacial score (nSPS) is 17.5. The van der Waals surface area contributed by atoms with Crippen molar-refractivity contribution in [1.29, 1.82) is 0 Å². The summed E-state index contributed by atoms with van der Waals surface area (Å²) < 4.78 is 10.7. The number of benzene rings is 1.